The molecule has 0 atom stereocenters. The highest BCUT2D eigenvalue weighted by Gasteiger charge is 2.31. The zero-order valence-electron chi connectivity index (χ0n) is 11.8. The molecule has 0 aliphatic heterocycles. The SMILES string of the molecule is O=C(O)c1ccc(CCNC(=O)N(CCO)C2CC2)cc1. The van der Waals surface area contributed by atoms with Crippen molar-refractivity contribution in [1.82, 2.24) is 10.2 Å². The Balaban J connectivity index is 1.77. The van der Waals surface area contributed by atoms with Gasteiger partial charge < -0.3 is 20.4 Å². The summed E-state index contributed by atoms with van der Waals surface area (Å²) in [5, 5.41) is 20.6. The number of amides is 2. The first kappa shape index (κ1) is 15.3. The Morgan fingerprint density at radius 3 is 2.43 bits per heavy atom. The van der Waals surface area contributed by atoms with Gasteiger partial charge in [0.2, 0.25) is 0 Å². The maximum atomic E-state index is 12.0. The topological polar surface area (TPSA) is 89.9 Å². The fourth-order valence-electron chi connectivity index (χ4n) is 2.17. The van der Waals surface area contributed by atoms with E-state index < -0.39 is 5.97 Å². The van der Waals surface area contributed by atoms with E-state index in [0.717, 1.165) is 18.4 Å². The van der Waals surface area contributed by atoms with Gasteiger partial charge in [-0.25, -0.2) is 9.59 Å². The fourth-order valence-corrected chi connectivity index (χ4v) is 2.17. The molecule has 1 fully saturated rings. The van der Waals surface area contributed by atoms with Crippen molar-refractivity contribution in [3.05, 3.63) is 35.4 Å². The van der Waals surface area contributed by atoms with Gasteiger partial charge in [-0.3, -0.25) is 0 Å². The van der Waals surface area contributed by atoms with E-state index in [0.29, 0.717) is 19.5 Å². The summed E-state index contributed by atoms with van der Waals surface area (Å²) in [4.78, 5) is 24.4. The van der Waals surface area contributed by atoms with Crippen LogP contribution < -0.4 is 5.32 Å². The van der Waals surface area contributed by atoms with Crippen LogP contribution in [0.5, 0.6) is 0 Å². The molecule has 1 aromatic rings. The molecule has 0 saturated heterocycles. The smallest absolute Gasteiger partial charge is 0.335 e. The number of benzene rings is 1. The number of carboxylic acids is 1. The van der Waals surface area contributed by atoms with Crippen LogP contribution in [0.2, 0.25) is 0 Å². The average Bonchev–Trinajstić information content (AvgIpc) is 3.29. The Labute approximate surface area is 123 Å². The number of carbonyl (C=O) groups is 2. The number of carbonyl (C=O) groups excluding carboxylic acids is 1. The summed E-state index contributed by atoms with van der Waals surface area (Å²) in [5.41, 5.74) is 1.23. The Kier molecular flexibility index (Phi) is 5.16. The van der Waals surface area contributed by atoms with E-state index in [2.05, 4.69) is 5.32 Å². The lowest BCUT2D eigenvalue weighted by atomic mass is 10.1. The molecule has 0 unspecified atom stereocenters. The van der Waals surface area contributed by atoms with Crippen LogP contribution in [0.4, 0.5) is 4.79 Å². The molecule has 0 radical (unpaired) electrons. The van der Waals surface area contributed by atoms with Gasteiger partial charge >= 0.3 is 12.0 Å². The van der Waals surface area contributed by atoms with Crippen LogP contribution in [0.25, 0.3) is 0 Å². The molecule has 2 rings (SSSR count). The van der Waals surface area contributed by atoms with Gasteiger partial charge in [0.15, 0.2) is 0 Å². The second-order valence-electron chi connectivity index (χ2n) is 5.13. The molecule has 1 saturated carbocycles. The minimum Gasteiger partial charge on any atom is -0.478 e. The number of aliphatic hydroxyl groups excluding tert-OH is 1. The molecule has 1 aliphatic carbocycles. The highest BCUT2D eigenvalue weighted by molar-refractivity contribution is 5.87. The van der Waals surface area contributed by atoms with Crippen molar-refractivity contribution in [2.75, 3.05) is 19.7 Å². The predicted molar refractivity (Wildman–Crippen MR) is 77.3 cm³/mol. The van der Waals surface area contributed by atoms with Crippen molar-refractivity contribution in [1.29, 1.82) is 0 Å². The van der Waals surface area contributed by atoms with Crippen molar-refractivity contribution < 1.29 is 19.8 Å². The maximum Gasteiger partial charge on any atom is 0.335 e. The second-order valence-corrected chi connectivity index (χ2v) is 5.13. The molecule has 0 bridgehead atoms. The summed E-state index contributed by atoms with van der Waals surface area (Å²) in [7, 11) is 0. The largest absolute Gasteiger partial charge is 0.478 e. The third-order valence-electron chi connectivity index (χ3n) is 3.48. The van der Waals surface area contributed by atoms with Crippen molar-refractivity contribution in [3.8, 4) is 0 Å². The summed E-state index contributed by atoms with van der Waals surface area (Å²) < 4.78 is 0. The van der Waals surface area contributed by atoms with Gasteiger partial charge in [-0.15, -0.1) is 0 Å². The van der Waals surface area contributed by atoms with E-state index in [9.17, 15) is 9.59 Å². The highest BCUT2D eigenvalue weighted by Crippen LogP contribution is 2.26. The number of aliphatic hydroxyl groups is 1. The van der Waals surface area contributed by atoms with Gasteiger partial charge in [0.1, 0.15) is 0 Å². The lowest BCUT2D eigenvalue weighted by Gasteiger charge is -2.21. The number of hydrogen-bond donors (Lipinski definition) is 3. The molecule has 3 N–H and O–H groups in total. The third kappa shape index (κ3) is 4.46. The first-order valence-corrected chi connectivity index (χ1v) is 7.09. The lowest BCUT2D eigenvalue weighted by molar-refractivity contribution is 0.0697. The van der Waals surface area contributed by atoms with Crippen LogP contribution in [-0.4, -0.2) is 52.9 Å². The predicted octanol–water partition coefficient (Wildman–Crippen LogP) is 1.09. The summed E-state index contributed by atoms with van der Waals surface area (Å²) in [5.74, 6) is -0.945. The number of carboxylic acid groups (broad SMARTS) is 1. The van der Waals surface area contributed by atoms with Crippen molar-refractivity contribution in [2.45, 2.75) is 25.3 Å². The van der Waals surface area contributed by atoms with Gasteiger partial charge in [-0.1, -0.05) is 12.1 Å². The van der Waals surface area contributed by atoms with Gasteiger partial charge in [-0.05, 0) is 37.0 Å². The van der Waals surface area contributed by atoms with Crippen LogP contribution >= 0.6 is 0 Å². The zero-order chi connectivity index (χ0) is 15.2. The van der Waals surface area contributed by atoms with Crippen molar-refractivity contribution in [3.63, 3.8) is 0 Å². The molecule has 114 valence electrons. The fraction of sp³-hybridized carbons (Fsp3) is 0.467. The maximum absolute atomic E-state index is 12.0. The monoisotopic (exact) mass is 292 g/mol. The van der Waals surface area contributed by atoms with E-state index >= 15 is 0 Å². The zero-order valence-corrected chi connectivity index (χ0v) is 11.8. The third-order valence-corrected chi connectivity index (χ3v) is 3.48. The van der Waals surface area contributed by atoms with Gasteiger partial charge in [0.25, 0.3) is 0 Å². The summed E-state index contributed by atoms with van der Waals surface area (Å²) in [6.45, 7) is 0.824. The Morgan fingerprint density at radius 2 is 1.90 bits per heavy atom. The highest BCUT2D eigenvalue weighted by atomic mass is 16.4. The van der Waals surface area contributed by atoms with Crippen molar-refractivity contribution >= 4 is 12.0 Å². The molecule has 0 aromatic heterocycles. The number of urea groups is 1. The molecule has 6 heteroatoms. The van der Waals surface area contributed by atoms with Crippen LogP contribution in [0.1, 0.15) is 28.8 Å². The Morgan fingerprint density at radius 1 is 1.24 bits per heavy atom. The Hall–Kier alpha value is -2.08. The minimum atomic E-state index is -0.945. The van der Waals surface area contributed by atoms with Crippen molar-refractivity contribution in [2.24, 2.45) is 0 Å². The molecular formula is C15H20N2O4. The second kappa shape index (κ2) is 7.08. The summed E-state index contributed by atoms with van der Waals surface area (Å²) in [6, 6.07) is 6.74. The number of rotatable bonds is 7. The van der Waals surface area contributed by atoms with Crippen LogP contribution in [0, 0.1) is 0 Å². The normalized spacial score (nSPS) is 13.8. The van der Waals surface area contributed by atoms with Crippen LogP contribution in [0.15, 0.2) is 24.3 Å². The van der Waals surface area contributed by atoms with E-state index in [1.165, 1.54) is 0 Å². The van der Waals surface area contributed by atoms with Crippen LogP contribution in [-0.2, 0) is 6.42 Å². The first-order valence-electron chi connectivity index (χ1n) is 7.09. The molecule has 1 aliphatic rings. The van der Waals surface area contributed by atoms with Gasteiger partial charge in [-0.2, -0.15) is 0 Å². The molecule has 21 heavy (non-hydrogen) atoms. The average molecular weight is 292 g/mol. The molecule has 1 aromatic carbocycles. The van der Waals surface area contributed by atoms with Gasteiger partial charge in [0.05, 0.1) is 12.2 Å². The van der Waals surface area contributed by atoms with E-state index in [-0.39, 0.29) is 24.2 Å². The molecule has 0 heterocycles. The summed E-state index contributed by atoms with van der Waals surface area (Å²) >= 11 is 0. The lowest BCUT2D eigenvalue weighted by Crippen LogP contribution is -2.43. The number of hydrogen-bond acceptors (Lipinski definition) is 3. The number of nitrogens with zero attached hydrogens (tertiary/aromatic N) is 1. The first-order chi connectivity index (χ1) is 10.1. The molecule has 6 nitrogen and oxygen atoms in total. The molecule has 0 spiro atoms. The van der Waals surface area contributed by atoms with E-state index in [1.54, 1.807) is 29.2 Å². The number of nitrogens with one attached hydrogen (secondary N) is 1. The summed E-state index contributed by atoms with van der Waals surface area (Å²) in [6.07, 6.45) is 2.65. The molecule has 2 amide bonds. The van der Waals surface area contributed by atoms with E-state index in [1.807, 2.05) is 0 Å². The van der Waals surface area contributed by atoms with Gasteiger partial charge in [0, 0.05) is 19.1 Å². The van der Waals surface area contributed by atoms with Crippen LogP contribution in [0.3, 0.4) is 0 Å². The number of aromatic carboxylic acids is 1. The standard InChI is InChI=1S/C15H20N2O4/c18-10-9-17(13-5-6-13)15(21)16-8-7-11-1-3-12(4-2-11)14(19)20/h1-4,13,18H,5-10H2,(H,16,21)(H,19,20). The molecular weight excluding hydrogens is 272 g/mol. The van der Waals surface area contributed by atoms with E-state index in [4.69, 9.17) is 10.2 Å². The quantitative estimate of drug-likeness (QED) is 0.702. The minimum absolute atomic E-state index is 0.0272. The Bertz CT molecular complexity index is 497.